The first-order chi connectivity index (χ1) is 12.9. The van der Waals surface area contributed by atoms with Crippen LogP contribution in [-0.2, 0) is 10.2 Å². The largest absolute Gasteiger partial charge is 0.484 e. The first-order valence-electron chi connectivity index (χ1n) is 9.10. The molecule has 3 nitrogen and oxygen atoms in total. The molecule has 1 amide bonds. The monoisotopic (exact) mass is 359 g/mol. The number of carbonyl (C=O) groups excluding carboxylic acids is 1. The van der Waals surface area contributed by atoms with Gasteiger partial charge in [0.1, 0.15) is 5.75 Å². The Morgan fingerprint density at radius 2 is 1.44 bits per heavy atom. The summed E-state index contributed by atoms with van der Waals surface area (Å²) in [7, 11) is 0. The number of benzene rings is 3. The van der Waals surface area contributed by atoms with E-state index in [1.54, 1.807) is 0 Å². The van der Waals surface area contributed by atoms with Crippen molar-refractivity contribution in [3.8, 4) is 5.75 Å². The molecule has 3 aromatic carbocycles. The van der Waals surface area contributed by atoms with Gasteiger partial charge in [-0.25, -0.2) is 0 Å². The minimum atomic E-state index is -0.174. The molecule has 1 N–H and O–H groups in total. The van der Waals surface area contributed by atoms with Gasteiger partial charge in [0.2, 0.25) is 0 Å². The van der Waals surface area contributed by atoms with Gasteiger partial charge < -0.3 is 10.1 Å². The molecular formula is C24H25NO2. The first-order valence-corrected chi connectivity index (χ1v) is 9.10. The topological polar surface area (TPSA) is 38.3 Å². The van der Waals surface area contributed by atoms with Gasteiger partial charge in [-0.1, -0.05) is 74.0 Å². The average Bonchev–Trinajstić information content (AvgIpc) is 2.69. The van der Waals surface area contributed by atoms with Crippen molar-refractivity contribution in [1.82, 2.24) is 0 Å². The summed E-state index contributed by atoms with van der Waals surface area (Å²) in [5.74, 6) is 0.509. The average molecular weight is 359 g/mol. The number of ether oxygens (including phenoxy) is 1. The molecule has 0 heterocycles. The van der Waals surface area contributed by atoms with Crippen LogP contribution < -0.4 is 10.1 Å². The molecule has 0 aliphatic heterocycles. The third-order valence-corrected chi connectivity index (χ3v) is 4.78. The van der Waals surface area contributed by atoms with Crippen LogP contribution in [0.25, 0.3) is 0 Å². The number of amides is 1. The number of nitrogens with one attached hydrogen (secondary N) is 1. The van der Waals surface area contributed by atoms with Crippen LogP contribution in [0.2, 0.25) is 0 Å². The number of rotatable bonds is 6. The van der Waals surface area contributed by atoms with Crippen molar-refractivity contribution >= 4 is 11.6 Å². The molecule has 0 saturated heterocycles. The zero-order valence-electron chi connectivity index (χ0n) is 16.0. The van der Waals surface area contributed by atoms with Crippen LogP contribution in [0.4, 0.5) is 5.69 Å². The van der Waals surface area contributed by atoms with E-state index in [9.17, 15) is 4.79 Å². The summed E-state index contributed by atoms with van der Waals surface area (Å²) in [6.07, 6.45) is 0. The second-order valence-corrected chi connectivity index (χ2v) is 7.22. The number of anilines is 1. The van der Waals surface area contributed by atoms with E-state index in [-0.39, 0.29) is 17.9 Å². The van der Waals surface area contributed by atoms with Gasteiger partial charge in [0.15, 0.2) is 6.61 Å². The van der Waals surface area contributed by atoms with Gasteiger partial charge in [0, 0.05) is 11.1 Å². The number of aryl methyl sites for hydroxylation is 1. The van der Waals surface area contributed by atoms with Gasteiger partial charge in [-0.3, -0.25) is 4.79 Å². The number of hydrogen-bond acceptors (Lipinski definition) is 2. The van der Waals surface area contributed by atoms with E-state index >= 15 is 0 Å². The summed E-state index contributed by atoms with van der Waals surface area (Å²) in [5, 5.41) is 2.83. The second kappa shape index (κ2) is 8.09. The molecular weight excluding hydrogens is 334 g/mol. The number of hydrogen-bond donors (Lipinski definition) is 1. The maximum absolute atomic E-state index is 12.0. The van der Waals surface area contributed by atoms with Gasteiger partial charge in [0.25, 0.3) is 5.91 Å². The fraction of sp³-hybridized carbons (Fsp3) is 0.208. The highest BCUT2D eigenvalue weighted by Gasteiger charge is 2.22. The number of carbonyl (C=O) groups is 1. The van der Waals surface area contributed by atoms with Crippen LogP contribution in [0.5, 0.6) is 5.75 Å². The third kappa shape index (κ3) is 4.76. The summed E-state index contributed by atoms with van der Waals surface area (Å²) < 4.78 is 5.63. The molecule has 3 aromatic rings. The lowest BCUT2D eigenvalue weighted by Crippen LogP contribution is -2.20. The fourth-order valence-corrected chi connectivity index (χ4v) is 2.97. The van der Waals surface area contributed by atoms with Crippen LogP contribution in [-0.4, -0.2) is 12.5 Å². The minimum Gasteiger partial charge on any atom is -0.484 e. The molecule has 0 bridgehead atoms. The van der Waals surface area contributed by atoms with E-state index < -0.39 is 0 Å². The Labute approximate surface area is 161 Å². The molecule has 0 aliphatic rings. The molecule has 0 spiro atoms. The van der Waals surface area contributed by atoms with E-state index in [0.29, 0.717) is 5.75 Å². The van der Waals surface area contributed by atoms with Crippen molar-refractivity contribution < 1.29 is 9.53 Å². The van der Waals surface area contributed by atoms with Crippen molar-refractivity contribution in [1.29, 1.82) is 0 Å². The molecule has 0 fully saturated rings. The summed E-state index contributed by atoms with van der Waals surface area (Å²) >= 11 is 0. The normalized spacial score (nSPS) is 11.1. The fourth-order valence-electron chi connectivity index (χ4n) is 2.97. The van der Waals surface area contributed by atoms with Crippen LogP contribution >= 0.6 is 0 Å². The summed E-state index contributed by atoms with van der Waals surface area (Å²) in [4.78, 5) is 12.0. The van der Waals surface area contributed by atoms with Crippen molar-refractivity contribution in [3.63, 3.8) is 0 Å². The summed E-state index contributed by atoms with van der Waals surface area (Å²) in [6, 6.07) is 26.0. The smallest absolute Gasteiger partial charge is 0.262 e. The predicted molar refractivity (Wildman–Crippen MR) is 110 cm³/mol. The molecule has 138 valence electrons. The molecule has 27 heavy (non-hydrogen) atoms. The third-order valence-electron chi connectivity index (χ3n) is 4.78. The lowest BCUT2D eigenvalue weighted by molar-refractivity contribution is -0.118. The Hall–Kier alpha value is -3.07. The highest BCUT2D eigenvalue weighted by molar-refractivity contribution is 5.91. The SMILES string of the molecule is Cc1ccc(NC(=O)COc2ccc(C(C)(C)c3ccccc3)cc2)cc1. The Balaban J connectivity index is 1.59. The highest BCUT2D eigenvalue weighted by atomic mass is 16.5. The lowest BCUT2D eigenvalue weighted by atomic mass is 9.78. The zero-order valence-corrected chi connectivity index (χ0v) is 16.0. The second-order valence-electron chi connectivity index (χ2n) is 7.22. The summed E-state index contributed by atoms with van der Waals surface area (Å²) in [5.41, 5.74) is 4.29. The van der Waals surface area contributed by atoms with Crippen LogP contribution in [0.15, 0.2) is 78.9 Å². The zero-order chi connectivity index (χ0) is 19.3. The van der Waals surface area contributed by atoms with Crippen molar-refractivity contribution in [3.05, 3.63) is 95.6 Å². The first kappa shape index (κ1) is 18.7. The van der Waals surface area contributed by atoms with Crippen molar-refractivity contribution in [2.75, 3.05) is 11.9 Å². The van der Waals surface area contributed by atoms with Crippen molar-refractivity contribution in [2.24, 2.45) is 0 Å². The van der Waals surface area contributed by atoms with Gasteiger partial charge >= 0.3 is 0 Å². The van der Waals surface area contributed by atoms with E-state index in [0.717, 1.165) is 11.3 Å². The van der Waals surface area contributed by atoms with Crippen LogP contribution in [0.1, 0.15) is 30.5 Å². The van der Waals surface area contributed by atoms with E-state index in [4.69, 9.17) is 4.74 Å². The van der Waals surface area contributed by atoms with Gasteiger partial charge in [-0.05, 0) is 42.3 Å². The minimum absolute atomic E-state index is 0.0186. The van der Waals surface area contributed by atoms with Gasteiger partial charge in [-0.2, -0.15) is 0 Å². The van der Waals surface area contributed by atoms with Crippen LogP contribution in [0, 0.1) is 6.92 Å². The quantitative estimate of drug-likeness (QED) is 0.645. The van der Waals surface area contributed by atoms with Gasteiger partial charge in [0.05, 0.1) is 0 Å². The van der Waals surface area contributed by atoms with E-state index in [1.807, 2.05) is 49.4 Å². The van der Waals surface area contributed by atoms with Crippen molar-refractivity contribution in [2.45, 2.75) is 26.2 Å². The summed E-state index contributed by atoms with van der Waals surface area (Å²) in [6.45, 7) is 6.40. The standard InChI is InChI=1S/C24H25NO2/c1-18-9-13-21(14-10-18)25-23(26)17-27-22-15-11-20(12-16-22)24(2,3)19-7-5-4-6-8-19/h4-16H,17H2,1-3H3,(H,25,26). The van der Waals surface area contributed by atoms with Gasteiger partial charge in [-0.15, -0.1) is 0 Å². The Bertz CT molecular complexity index is 882. The molecule has 0 unspecified atom stereocenters. The molecule has 3 rings (SSSR count). The highest BCUT2D eigenvalue weighted by Crippen LogP contribution is 2.32. The molecule has 0 radical (unpaired) electrons. The predicted octanol–water partition coefficient (Wildman–Crippen LogP) is 5.34. The molecule has 0 atom stereocenters. The Morgan fingerprint density at radius 3 is 2.07 bits per heavy atom. The maximum Gasteiger partial charge on any atom is 0.262 e. The molecule has 3 heteroatoms. The Morgan fingerprint density at radius 1 is 0.852 bits per heavy atom. The lowest BCUT2D eigenvalue weighted by Gasteiger charge is -2.26. The van der Waals surface area contributed by atoms with E-state index in [1.165, 1.54) is 11.1 Å². The molecule has 0 saturated carbocycles. The Kier molecular flexibility index (Phi) is 5.60. The van der Waals surface area contributed by atoms with Crippen LogP contribution in [0.3, 0.4) is 0 Å². The van der Waals surface area contributed by atoms with E-state index in [2.05, 4.69) is 55.6 Å². The maximum atomic E-state index is 12.0. The molecule has 0 aromatic heterocycles. The molecule has 0 aliphatic carbocycles.